The molecular weight excluding hydrogens is 368 g/mol. The highest BCUT2D eigenvalue weighted by Crippen LogP contribution is 2.36. The number of carbonyl (C=O) groups is 1. The minimum Gasteiger partial charge on any atom is -0.287 e. The molecule has 7 heteroatoms. The van der Waals surface area contributed by atoms with Crippen LogP contribution >= 0.6 is 11.8 Å². The van der Waals surface area contributed by atoms with E-state index in [0.29, 0.717) is 11.6 Å². The third kappa shape index (κ3) is 3.98. The predicted octanol–water partition coefficient (Wildman–Crippen LogP) is 3.98. The summed E-state index contributed by atoms with van der Waals surface area (Å²) >= 11 is 1.30. The van der Waals surface area contributed by atoms with E-state index >= 15 is 0 Å². The second-order valence-corrected chi connectivity index (χ2v) is 9.64. The van der Waals surface area contributed by atoms with E-state index in [0.717, 1.165) is 37.7 Å². The quantitative estimate of drug-likeness (QED) is 0.757. The summed E-state index contributed by atoms with van der Waals surface area (Å²) < 4.78 is 29.7. The third-order valence-electron chi connectivity index (χ3n) is 5.10. The number of hydrogen-bond donors (Lipinski definition) is 0. The van der Waals surface area contributed by atoms with Crippen LogP contribution in [0.4, 0.5) is 0 Å². The molecule has 0 radical (unpaired) electrons. The Morgan fingerprint density at radius 1 is 1.12 bits per heavy atom. The van der Waals surface area contributed by atoms with Crippen molar-refractivity contribution in [1.29, 1.82) is 0 Å². The molecular formula is C19H26N2O3S2. The molecule has 1 saturated heterocycles. The molecule has 1 saturated carbocycles. The lowest BCUT2D eigenvalue weighted by Gasteiger charge is -2.30. The first kappa shape index (κ1) is 19.4. The Bertz CT molecular complexity index is 782. The second-order valence-electron chi connectivity index (χ2n) is 6.86. The molecule has 1 aromatic carbocycles. The Balaban J connectivity index is 1.93. The maximum atomic E-state index is 12.8. The Kier molecular flexibility index (Phi) is 6.07. The minimum absolute atomic E-state index is 0.0136. The smallest absolute Gasteiger partial charge is 0.284 e. The molecule has 0 spiro atoms. The van der Waals surface area contributed by atoms with E-state index in [2.05, 4.69) is 4.40 Å². The van der Waals surface area contributed by atoms with E-state index < -0.39 is 10.0 Å². The standard InChI is InChI=1S/C19H26N2O3S2/c1-3-14-10-12-16(13-11-14)26(23,24)20-19-21(15-8-6-5-7-9-15)18(22)17(4-2)25-19/h10-13,15,17H,3-9H2,1-2H3/t17-/m0/s1. The summed E-state index contributed by atoms with van der Waals surface area (Å²) in [6.45, 7) is 3.98. The molecule has 1 aromatic rings. The molecule has 0 bridgehead atoms. The van der Waals surface area contributed by atoms with Gasteiger partial charge in [-0.3, -0.25) is 9.69 Å². The summed E-state index contributed by atoms with van der Waals surface area (Å²) in [5.41, 5.74) is 1.08. The van der Waals surface area contributed by atoms with Gasteiger partial charge in [0, 0.05) is 6.04 Å². The van der Waals surface area contributed by atoms with Crippen LogP contribution in [0.3, 0.4) is 0 Å². The minimum atomic E-state index is -3.82. The summed E-state index contributed by atoms with van der Waals surface area (Å²) in [6, 6.07) is 6.91. The van der Waals surface area contributed by atoms with Crippen molar-refractivity contribution in [3.63, 3.8) is 0 Å². The zero-order valence-electron chi connectivity index (χ0n) is 15.3. The molecule has 1 aliphatic heterocycles. The monoisotopic (exact) mass is 394 g/mol. The number of thioether (sulfide) groups is 1. The van der Waals surface area contributed by atoms with Crippen molar-refractivity contribution in [3.8, 4) is 0 Å². The number of benzene rings is 1. The molecule has 5 nitrogen and oxygen atoms in total. The molecule has 142 valence electrons. The SMILES string of the molecule is CCc1ccc(S(=O)(=O)N=C2S[C@@H](CC)C(=O)N2C2CCCCC2)cc1. The largest absolute Gasteiger partial charge is 0.287 e. The van der Waals surface area contributed by atoms with Crippen molar-refractivity contribution in [1.82, 2.24) is 4.90 Å². The molecule has 1 aliphatic carbocycles. The molecule has 2 fully saturated rings. The zero-order valence-corrected chi connectivity index (χ0v) is 17.0. The van der Waals surface area contributed by atoms with Gasteiger partial charge in [-0.1, -0.05) is 57.0 Å². The molecule has 0 N–H and O–H groups in total. The van der Waals surface area contributed by atoms with E-state index in [1.54, 1.807) is 17.0 Å². The van der Waals surface area contributed by atoms with Crippen LogP contribution in [-0.2, 0) is 21.2 Å². The van der Waals surface area contributed by atoms with E-state index in [4.69, 9.17) is 0 Å². The summed E-state index contributed by atoms with van der Waals surface area (Å²) in [7, 11) is -3.82. The van der Waals surface area contributed by atoms with Crippen molar-refractivity contribution in [2.45, 2.75) is 75.0 Å². The third-order valence-corrected chi connectivity index (χ3v) is 7.82. The van der Waals surface area contributed by atoms with Gasteiger partial charge in [0.15, 0.2) is 5.17 Å². The summed E-state index contributed by atoms with van der Waals surface area (Å²) in [6.07, 6.45) is 6.71. The van der Waals surface area contributed by atoms with Gasteiger partial charge in [0.25, 0.3) is 10.0 Å². The van der Waals surface area contributed by atoms with Gasteiger partial charge >= 0.3 is 0 Å². The molecule has 3 rings (SSSR count). The first-order valence-electron chi connectivity index (χ1n) is 9.40. The Labute approximate surface area is 160 Å². The zero-order chi connectivity index (χ0) is 18.7. The summed E-state index contributed by atoms with van der Waals surface area (Å²) in [4.78, 5) is 14.6. The number of rotatable bonds is 5. The highest BCUT2D eigenvalue weighted by molar-refractivity contribution is 8.16. The molecule has 1 amide bonds. The van der Waals surface area contributed by atoms with Gasteiger partial charge in [-0.2, -0.15) is 8.42 Å². The average molecular weight is 395 g/mol. The van der Waals surface area contributed by atoms with Gasteiger partial charge in [0.1, 0.15) is 0 Å². The maximum absolute atomic E-state index is 12.8. The Hall–Kier alpha value is -1.34. The topological polar surface area (TPSA) is 66.8 Å². The maximum Gasteiger partial charge on any atom is 0.284 e. The van der Waals surface area contributed by atoms with Crippen molar-refractivity contribution < 1.29 is 13.2 Å². The first-order valence-corrected chi connectivity index (χ1v) is 11.7. The Morgan fingerprint density at radius 2 is 1.77 bits per heavy atom. The second kappa shape index (κ2) is 8.13. The first-order chi connectivity index (χ1) is 12.5. The van der Waals surface area contributed by atoms with Crippen LogP contribution in [0, 0.1) is 0 Å². The lowest BCUT2D eigenvalue weighted by atomic mass is 9.94. The molecule has 1 atom stereocenters. The fraction of sp³-hybridized carbons (Fsp3) is 0.579. The van der Waals surface area contributed by atoms with Gasteiger partial charge in [0.2, 0.25) is 5.91 Å². The van der Waals surface area contributed by atoms with E-state index in [1.165, 1.54) is 18.2 Å². The van der Waals surface area contributed by atoms with E-state index in [9.17, 15) is 13.2 Å². The summed E-state index contributed by atoms with van der Waals surface area (Å²) in [5, 5.41) is 0.127. The fourth-order valence-corrected chi connectivity index (χ4v) is 5.87. The van der Waals surface area contributed by atoms with Crippen LogP contribution in [0.1, 0.15) is 57.9 Å². The lowest BCUT2D eigenvalue weighted by molar-refractivity contribution is -0.128. The van der Waals surface area contributed by atoms with Crippen LogP contribution in [-0.4, -0.2) is 35.7 Å². The number of hydrogen-bond acceptors (Lipinski definition) is 4. The van der Waals surface area contributed by atoms with Crippen LogP contribution in [0.25, 0.3) is 0 Å². The van der Waals surface area contributed by atoms with Crippen molar-refractivity contribution in [3.05, 3.63) is 29.8 Å². The van der Waals surface area contributed by atoms with Crippen LogP contribution in [0.2, 0.25) is 0 Å². The van der Waals surface area contributed by atoms with E-state index in [-0.39, 0.29) is 22.1 Å². The normalized spacial score (nSPS) is 23.8. The highest BCUT2D eigenvalue weighted by atomic mass is 32.2. The molecule has 1 heterocycles. The molecule has 26 heavy (non-hydrogen) atoms. The van der Waals surface area contributed by atoms with E-state index in [1.807, 2.05) is 26.0 Å². The number of amidine groups is 1. The van der Waals surface area contributed by atoms with Crippen molar-refractivity contribution in [2.75, 3.05) is 0 Å². The van der Waals surface area contributed by atoms with Gasteiger partial charge in [-0.05, 0) is 43.4 Å². The number of amides is 1. The van der Waals surface area contributed by atoms with Gasteiger partial charge in [-0.15, -0.1) is 4.40 Å². The van der Waals surface area contributed by atoms with Crippen LogP contribution in [0.15, 0.2) is 33.6 Å². The predicted molar refractivity (Wildman–Crippen MR) is 106 cm³/mol. The number of aryl methyl sites for hydroxylation is 1. The number of nitrogens with zero attached hydrogens (tertiary/aromatic N) is 2. The van der Waals surface area contributed by atoms with Crippen molar-refractivity contribution >= 4 is 32.9 Å². The average Bonchev–Trinajstić information content (AvgIpc) is 2.97. The Morgan fingerprint density at radius 3 is 2.35 bits per heavy atom. The highest BCUT2D eigenvalue weighted by Gasteiger charge is 2.42. The fourth-order valence-electron chi connectivity index (χ4n) is 3.54. The molecule has 2 aliphatic rings. The van der Waals surface area contributed by atoms with Crippen molar-refractivity contribution in [2.24, 2.45) is 4.40 Å². The lowest BCUT2D eigenvalue weighted by Crippen LogP contribution is -2.42. The van der Waals surface area contributed by atoms with Crippen LogP contribution in [0.5, 0.6) is 0 Å². The number of carbonyl (C=O) groups excluding carboxylic acids is 1. The van der Waals surface area contributed by atoms with Gasteiger partial charge in [-0.25, -0.2) is 0 Å². The molecule has 0 aromatic heterocycles. The molecule has 0 unspecified atom stereocenters. The van der Waals surface area contributed by atoms with Crippen LogP contribution < -0.4 is 0 Å². The number of sulfonamides is 1. The van der Waals surface area contributed by atoms with Gasteiger partial charge in [0.05, 0.1) is 10.1 Å². The van der Waals surface area contributed by atoms with Gasteiger partial charge < -0.3 is 0 Å². The summed E-state index contributed by atoms with van der Waals surface area (Å²) in [5.74, 6) is 0.0136.